The lowest BCUT2D eigenvalue weighted by atomic mass is 10.0. The fourth-order valence-electron chi connectivity index (χ4n) is 2.72. The van der Waals surface area contributed by atoms with Gasteiger partial charge < -0.3 is 0 Å². The fraction of sp³-hybridized carbons (Fsp3) is 0.278. The van der Waals surface area contributed by atoms with E-state index in [4.69, 9.17) is 11.6 Å². The summed E-state index contributed by atoms with van der Waals surface area (Å²) < 4.78 is 0. The second kappa shape index (κ2) is 6.51. The first-order valence-electron chi connectivity index (χ1n) is 7.58. The van der Waals surface area contributed by atoms with E-state index in [0.29, 0.717) is 12.1 Å². The van der Waals surface area contributed by atoms with E-state index in [-0.39, 0.29) is 5.91 Å². The summed E-state index contributed by atoms with van der Waals surface area (Å²) in [6.45, 7) is 3.62. The molecule has 0 fully saturated rings. The minimum atomic E-state index is -0.0555. The van der Waals surface area contributed by atoms with E-state index in [1.165, 1.54) is 16.7 Å². The van der Waals surface area contributed by atoms with Crippen molar-refractivity contribution in [3.63, 3.8) is 0 Å². The van der Waals surface area contributed by atoms with Gasteiger partial charge in [0, 0.05) is 23.7 Å². The Balaban J connectivity index is 1.66. The van der Waals surface area contributed by atoms with Gasteiger partial charge in [-0.25, -0.2) is 5.01 Å². The highest BCUT2D eigenvalue weighted by Crippen LogP contribution is 2.21. The second-order valence-electron chi connectivity index (χ2n) is 5.58. The van der Waals surface area contributed by atoms with Crippen LogP contribution in [0.5, 0.6) is 0 Å². The molecule has 2 aromatic carbocycles. The van der Waals surface area contributed by atoms with Crippen molar-refractivity contribution >= 4 is 17.5 Å². The third-order valence-corrected chi connectivity index (χ3v) is 4.30. The van der Waals surface area contributed by atoms with Crippen LogP contribution < -0.4 is 5.43 Å². The number of aryl methyl sites for hydroxylation is 1. The monoisotopic (exact) mass is 314 g/mol. The fourth-order valence-corrected chi connectivity index (χ4v) is 2.91. The summed E-state index contributed by atoms with van der Waals surface area (Å²) in [4.78, 5) is 12.3. The molecule has 0 atom stereocenters. The van der Waals surface area contributed by atoms with Crippen molar-refractivity contribution in [3.05, 3.63) is 69.7 Å². The SMILES string of the molecule is CCc1ccc(C(=O)NN2CCc3cc(Cl)ccc3C2)cc1. The average molecular weight is 315 g/mol. The van der Waals surface area contributed by atoms with Crippen molar-refractivity contribution in [1.29, 1.82) is 0 Å². The van der Waals surface area contributed by atoms with E-state index < -0.39 is 0 Å². The van der Waals surface area contributed by atoms with Crippen molar-refractivity contribution in [1.82, 2.24) is 10.4 Å². The van der Waals surface area contributed by atoms with E-state index in [9.17, 15) is 4.79 Å². The molecule has 4 heteroatoms. The van der Waals surface area contributed by atoms with Crippen LogP contribution in [0.1, 0.15) is 34.0 Å². The maximum absolute atomic E-state index is 12.3. The lowest BCUT2D eigenvalue weighted by molar-refractivity contribution is 0.0764. The predicted molar refractivity (Wildman–Crippen MR) is 88.9 cm³/mol. The molecule has 1 N–H and O–H groups in total. The van der Waals surface area contributed by atoms with E-state index in [2.05, 4.69) is 12.3 Å². The van der Waals surface area contributed by atoms with E-state index in [1.807, 2.05) is 47.5 Å². The van der Waals surface area contributed by atoms with Crippen LogP contribution in [0.4, 0.5) is 0 Å². The highest BCUT2D eigenvalue weighted by Gasteiger charge is 2.18. The van der Waals surface area contributed by atoms with Gasteiger partial charge in [0.1, 0.15) is 0 Å². The molecule has 114 valence electrons. The first-order chi connectivity index (χ1) is 10.7. The van der Waals surface area contributed by atoms with Gasteiger partial charge in [-0.3, -0.25) is 10.2 Å². The van der Waals surface area contributed by atoms with Crippen LogP contribution in [-0.2, 0) is 19.4 Å². The number of rotatable bonds is 3. The van der Waals surface area contributed by atoms with Crippen LogP contribution in [0.25, 0.3) is 0 Å². The Bertz CT molecular complexity index is 682. The number of fused-ring (bicyclic) bond motifs is 1. The zero-order chi connectivity index (χ0) is 15.5. The van der Waals surface area contributed by atoms with Crippen molar-refractivity contribution in [3.8, 4) is 0 Å². The molecule has 2 aromatic rings. The first-order valence-corrected chi connectivity index (χ1v) is 7.95. The smallest absolute Gasteiger partial charge is 0.265 e. The summed E-state index contributed by atoms with van der Waals surface area (Å²) in [6.07, 6.45) is 1.87. The minimum absolute atomic E-state index is 0.0555. The highest BCUT2D eigenvalue weighted by atomic mass is 35.5. The van der Waals surface area contributed by atoms with Crippen LogP contribution in [0.15, 0.2) is 42.5 Å². The molecular formula is C18H19ClN2O. The Hall–Kier alpha value is -1.84. The van der Waals surface area contributed by atoms with Gasteiger partial charge in [-0.15, -0.1) is 0 Å². The van der Waals surface area contributed by atoms with Crippen molar-refractivity contribution < 1.29 is 4.79 Å². The highest BCUT2D eigenvalue weighted by molar-refractivity contribution is 6.30. The van der Waals surface area contributed by atoms with E-state index in [1.54, 1.807) is 0 Å². The maximum atomic E-state index is 12.3. The summed E-state index contributed by atoms with van der Waals surface area (Å²) in [6, 6.07) is 13.7. The maximum Gasteiger partial charge on any atom is 0.265 e. The zero-order valence-electron chi connectivity index (χ0n) is 12.6. The summed E-state index contributed by atoms with van der Waals surface area (Å²) >= 11 is 6.02. The third kappa shape index (κ3) is 3.32. The number of halogens is 1. The van der Waals surface area contributed by atoms with Gasteiger partial charge in [-0.2, -0.15) is 0 Å². The Kier molecular flexibility index (Phi) is 4.46. The molecule has 1 aliphatic rings. The van der Waals surface area contributed by atoms with E-state index >= 15 is 0 Å². The molecule has 1 aliphatic heterocycles. The lowest BCUT2D eigenvalue weighted by Crippen LogP contribution is -2.44. The summed E-state index contributed by atoms with van der Waals surface area (Å²) in [5, 5.41) is 2.74. The van der Waals surface area contributed by atoms with Gasteiger partial charge >= 0.3 is 0 Å². The Morgan fingerprint density at radius 3 is 2.68 bits per heavy atom. The second-order valence-corrected chi connectivity index (χ2v) is 6.01. The van der Waals surface area contributed by atoms with Crippen LogP contribution in [0.2, 0.25) is 5.02 Å². The molecule has 3 nitrogen and oxygen atoms in total. The molecule has 0 radical (unpaired) electrons. The normalized spacial score (nSPS) is 14.5. The summed E-state index contributed by atoms with van der Waals surface area (Å²) in [5.74, 6) is -0.0555. The number of hydrogen-bond donors (Lipinski definition) is 1. The van der Waals surface area contributed by atoms with Crippen LogP contribution in [0.3, 0.4) is 0 Å². The quantitative estimate of drug-likeness (QED) is 0.938. The third-order valence-electron chi connectivity index (χ3n) is 4.06. The number of amides is 1. The van der Waals surface area contributed by atoms with Crippen LogP contribution >= 0.6 is 11.6 Å². The molecule has 1 amide bonds. The van der Waals surface area contributed by atoms with E-state index in [0.717, 1.165) is 24.4 Å². The molecule has 0 bridgehead atoms. The van der Waals surface area contributed by atoms with Gasteiger partial charge in [0.25, 0.3) is 5.91 Å². The molecular weight excluding hydrogens is 296 g/mol. The summed E-state index contributed by atoms with van der Waals surface area (Å²) in [7, 11) is 0. The summed E-state index contributed by atoms with van der Waals surface area (Å²) in [5.41, 5.74) is 7.41. The molecule has 0 saturated heterocycles. The number of hydrazine groups is 1. The van der Waals surface area contributed by atoms with Gasteiger partial charge in [0.15, 0.2) is 0 Å². The number of nitrogens with one attached hydrogen (secondary N) is 1. The number of hydrogen-bond acceptors (Lipinski definition) is 2. The van der Waals surface area contributed by atoms with Gasteiger partial charge in [0.05, 0.1) is 0 Å². The average Bonchev–Trinajstić information content (AvgIpc) is 2.55. The molecule has 0 saturated carbocycles. The van der Waals surface area contributed by atoms with Gasteiger partial charge in [0.2, 0.25) is 0 Å². The van der Waals surface area contributed by atoms with Crippen LogP contribution in [-0.4, -0.2) is 17.5 Å². The molecule has 0 aliphatic carbocycles. The minimum Gasteiger partial charge on any atom is -0.284 e. The largest absolute Gasteiger partial charge is 0.284 e. The number of benzene rings is 2. The Morgan fingerprint density at radius 2 is 1.95 bits per heavy atom. The molecule has 0 unspecified atom stereocenters. The molecule has 1 heterocycles. The van der Waals surface area contributed by atoms with Crippen molar-refractivity contribution in [2.24, 2.45) is 0 Å². The molecule has 3 rings (SSSR count). The molecule has 22 heavy (non-hydrogen) atoms. The topological polar surface area (TPSA) is 32.3 Å². The molecule has 0 aromatic heterocycles. The Labute approximate surface area is 135 Å². The lowest BCUT2D eigenvalue weighted by Gasteiger charge is -2.29. The van der Waals surface area contributed by atoms with Crippen LogP contribution in [0, 0.1) is 0 Å². The standard InChI is InChI=1S/C18H19ClN2O/c1-2-13-3-5-14(6-4-13)18(22)20-21-10-9-15-11-17(19)8-7-16(15)12-21/h3-8,11H,2,9-10,12H2,1H3,(H,20,22). The van der Waals surface area contributed by atoms with Gasteiger partial charge in [-0.1, -0.05) is 36.7 Å². The number of carbonyl (C=O) groups is 1. The number of carbonyl (C=O) groups excluding carboxylic acids is 1. The van der Waals surface area contributed by atoms with Crippen molar-refractivity contribution in [2.75, 3.05) is 6.54 Å². The number of nitrogens with zero attached hydrogens (tertiary/aromatic N) is 1. The first kappa shape index (κ1) is 15.1. The predicted octanol–water partition coefficient (Wildman–Crippen LogP) is 3.61. The Morgan fingerprint density at radius 1 is 1.18 bits per heavy atom. The van der Waals surface area contributed by atoms with Gasteiger partial charge in [-0.05, 0) is 53.8 Å². The van der Waals surface area contributed by atoms with Crippen molar-refractivity contribution in [2.45, 2.75) is 26.3 Å². The zero-order valence-corrected chi connectivity index (χ0v) is 13.4. The molecule has 0 spiro atoms.